The molecule has 2 aromatic rings. The van der Waals surface area contributed by atoms with Crippen molar-refractivity contribution in [3.8, 4) is 11.5 Å². The van der Waals surface area contributed by atoms with Gasteiger partial charge in [0.1, 0.15) is 12.9 Å². The van der Waals surface area contributed by atoms with Crippen LogP contribution in [-0.2, 0) is 6.61 Å². The third kappa shape index (κ3) is 3.05. The summed E-state index contributed by atoms with van der Waals surface area (Å²) < 4.78 is 15.9. The van der Waals surface area contributed by atoms with E-state index in [1.807, 2.05) is 0 Å². The fraction of sp³-hybridized carbons (Fsp3) is 0.167. The molecule has 1 heterocycles. The van der Waals surface area contributed by atoms with Crippen molar-refractivity contribution in [2.75, 3.05) is 7.11 Å². The highest BCUT2D eigenvalue weighted by Crippen LogP contribution is 2.37. The Bertz CT molecular complexity index is 582. The van der Waals surface area contributed by atoms with Crippen LogP contribution in [-0.4, -0.2) is 23.3 Å². The fourth-order valence-corrected chi connectivity index (χ4v) is 1.99. The number of carboxylic acids is 1. The molecule has 1 aromatic heterocycles. The molecule has 2 rings (SSSR count). The van der Waals surface area contributed by atoms with Crippen molar-refractivity contribution in [1.82, 2.24) is 5.16 Å². The van der Waals surface area contributed by atoms with Crippen LogP contribution in [0.25, 0.3) is 0 Å². The summed E-state index contributed by atoms with van der Waals surface area (Å²) in [7, 11) is 1.44. The van der Waals surface area contributed by atoms with Gasteiger partial charge in [-0.05, 0) is 28.1 Å². The van der Waals surface area contributed by atoms with Gasteiger partial charge in [-0.3, -0.25) is 0 Å². The fourth-order valence-electron chi connectivity index (χ4n) is 1.44. The van der Waals surface area contributed by atoms with Crippen molar-refractivity contribution in [2.45, 2.75) is 6.61 Å². The number of aromatic carboxylic acids is 1. The van der Waals surface area contributed by atoms with Crippen molar-refractivity contribution in [3.63, 3.8) is 0 Å². The lowest BCUT2D eigenvalue weighted by molar-refractivity contribution is 0.0696. The van der Waals surface area contributed by atoms with E-state index in [1.165, 1.54) is 31.7 Å². The highest BCUT2D eigenvalue weighted by atomic mass is 79.9. The summed E-state index contributed by atoms with van der Waals surface area (Å²) in [6.45, 7) is 0.241. The Balaban J connectivity index is 2.26. The molecule has 19 heavy (non-hydrogen) atoms. The predicted molar refractivity (Wildman–Crippen MR) is 68.5 cm³/mol. The van der Waals surface area contributed by atoms with Crippen LogP contribution in [0.1, 0.15) is 15.9 Å². The van der Waals surface area contributed by atoms with Gasteiger partial charge in [0.15, 0.2) is 11.5 Å². The number of rotatable bonds is 5. The van der Waals surface area contributed by atoms with Crippen molar-refractivity contribution in [1.29, 1.82) is 0 Å². The molecule has 0 bridgehead atoms. The first-order chi connectivity index (χ1) is 9.11. The van der Waals surface area contributed by atoms with Gasteiger partial charge < -0.3 is 19.1 Å². The van der Waals surface area contributed by atoms with Crippen molar-refractivity contribution in [3.05, 3.63) is 40.2 Å². The normalized spacial score (nSPS) is 10.2. The smallest absolute Gasteiger partial charge is 0.335 e. The first kappa shape index (κ1) is 13.4. The minimum Gasteiger partial charge on any atom is -0.493 e. The van der Waals surface area contributed by atoms with E-state index in [1.54, 1.807) is 0 Å². The molecular formula is C12H10BrNO5. The lowest BCUT2D eigenvalue weighted by Crippen LogP contribution is -2.01. The Morgan fingerprint density at radius 3 is 2.89 bits per heavy atom. The van der Waals surface area contributed by atoms with Crippen molar-refractivity contribution < 1.29 is 23.9 Å². The Morgan fingerprint density at radius 1 is 1.53 bits per heavy atom. The second kappa shape index (κ2) is 5.75. The van der Waals surface area contributed by atoms with Gasteiger partial charge in [-0.2, -0.15) is 0 Å². The van der Waals surface area contributed by atoms with E-state index in [0.717, 1.165) is 5.56 Å². The minimum absolute atomic E-state index is 0.112. The third-order valence-electron chi connectivity index (χ3n) is 2.34. The van der Waals surface area contributed by atoms with Crippen molar-refractivity contribution in [2.24, 2.45) is 0 Å². The average molecular weight is 328 g/mol. The highest BCUT2D eigenvalue weighted by molar-refractivity contribution is 9.10. The molecule has 0 aliphatic rings. The van der Waals surface area contributed by atoms with E-state index in [2.05, 4.69) is 25.6 Å². The summed E-state index contributed by atoms with van der Waals surface area (Å²) >= 11 is 3.26. The molecular weight excluding hydrogens is 318 g/mol. The van der Waals surface area contributed by atoms with Gasteiger partial charge in [-0.1, -0.05) is 5.16 Å². The van der Waals surface area contributed by atoms with E-state index in [0.29, 0.717) is 16.0 Å². The van der Waals surface area contributed by atoms with Gasteiger partial charge in [0, 0.05) is 5.56 Å². The van der Waals surface area contributed by atoms with Gasteiger partial charge in [0.2, 0.25) is 0 Å². The second-order valence-corrected chi connectivity index (χ2v) is 4.47. The van der Waals surface area contributed by atoms with Crippen LogP contribution in [0.15, 0.2) is 33.6 Å². The number of hydrogen-bond donors (Lipinski definition) is 1. The van der Waals surface area contributed by atoms with Crippen LogP contribution < -0.4 is 9.47 Å². The Morgan fingerprint density at radius 2 is 2.32 bits per heavy atom. The third-order valence-corrected chi connectivity index (χ3v) is 2.93. The quantitative estimate of drug-likeness (QED) is 0.909. The first-order valence-corrected chi connectivity index (χ1v) is 6.03. The summed E-state index contributed by atoms with van der Waals surface area (Å²) in [6, 6.07) is 2.85. The molecule has 0 unspecified atom stereocenters. The summed E-state index contributed by atoms with van der Waals surface area (Å²) in [6.07, 6.45) is 3.00. The molecule has 1 aromatic carbocycles. The molecule has 0 aliphatic carbocycles. The maximum atomic E-state index is 10.9. The number of methoxy groups -OCH3 is 1. The number of nitrogens with zero attached hydrogens (tertiary/aromatic N) is 1. The lowest BCUT2D eigenvalue weighted by Gasteiger charge is -2.12. The lowest BCUT2D eigenvalue weighted by atomic mass is 10.2. The van der Waals surface area contributed by atoms with E-state index >= 15 is 0 Å². The SMILES string of the molecule is COc1cc(C(=O)O)cc(Br)c1OCc1cnoc1. The van der Waals surface area contributed by atoms with E-state index < -0.39 is 5.97 Å². The Hall–Kier alpha value is -2.02. The van der Waals surface area contributed by atoms with Gasteiger partial charge in [-0.15, -0.1) is 0 Å². The Kier molecular flexibility index (Phi) is 4.06. The molecule has 0 saturated carbocycles. The predicted octanol–water partition coefficient (Wildman–Crippen LogP) is 2.72. The molecule has 7 heteroatoms. The summed E-state index contributed by atoms with van der Waals surface area (Å²) in [5, 5.41) is 12.5. The standard InChI is InChI=1S/C12H10BrNO5/c1-17-10-3-8(12(15)16)2-9(13)11(10)18-5-7-4-14-19-6-7/h2-4,6H,5H2,1H3,(H,15,16). The molecule has 0 spiro atoms. The van der Waals surface area contributed by atoms with Gasteiger partial charge in [-0.25, -0.2) is 4.79 Å². The van der Waals surface area contributed by atoms with Gasteiger partial charge in [0.25, 0.3) is 0 Å². The van der Waals surface area contributed by atoms with Gasteiger partial charge >= 0.3 is 5.97 Å². The molecule has 0 saturated heterocycles. The minimum atomic E-state index is -1.04. The first-order valence-electron chi connectivity index (χ1n) is 5.23. The van der Waals surface area contributed by atoms with Crippen LogP contribution in [0, 0.1) is 0 Å². The summed E-state index contributed by atoms with van der Waals surface area (Å²) in [5.41, 5.74) is 0.873. The number of benzene rings is 1. The van der Waals surface area contributed by atoms with E-state index in [4.69, 9.17) is 14.6 Å². The second-order valence-electron chi connectivity index (χ2n) is 3.62. The molecule has 0 fully saturated rings. The molecule has 1 N–H and O–H groups in total. The number of halogens is 1. The molecule has 0 atom stereocenters. The van der Waals surface area contributed by atoms with Crippen LogP contribution in [0.3, 0.4) is 0 Å². The number of ether oxygens (including phenoxy) is 2. The average Bonchev–Trinajstić information content (AvgIpc) is 2.89. The van der Waals surface area contributed by atoms with Gasteiger partial charge in [0.05, 0.1) is 23.3 Å². The highest BCUT2D eigenvalue weighted by Gasteiger charge is 2.15. The van der Waals surface area contributed by atoms with Crippen LogP contribution in [0.4, 0.5) is 0 Å². The van der Waals surface area contributed by atoms with Crippen LogP contribution >= 0.6 is 15.9 Å². The molecule has 0 amide bonds. The number of carboxylic acid groups (broad SMARTS) is 1. The summed E-state index contributed by atoms with van der Waals surface area (Å²) in [5.74, 6) is -0.276. The topological polar surface area (TPSA) is 81.8 Å². The maximum Gasteiger partial charge on any atom is 0.335 e. The maximum absolute atomic E-state index is 10.9. The van der Waals surface area contributed by atoms with Crippen LogP contribution in [0.5, 0.6) is 11.5 Å². The van der Waals surface area contributed by atoms with Crippen LogP contribution in [0.2, 0.25) is 0 Å². The molecule has 100 valence electrons. The monoisotopic (exact) mass is 327 g/mol. The zero-order valence-corrected chi connectivity index (χ0v) is 11.5. The summed E-state index contributed by atoms with van der Waals surface area (Å²) in [4.78, 5) is 10.9. The molecule has 0 aliphatic heterocycles. The van der Waals surface area contributed by atoms with Crippen molar-refractivity contribution >= 4 is 21.9 Å². The van der Waals surface area contributed by atoms with E-state index in [-0.39, 0.29) is 12.2 Å². The zero-order valence-electron chi connectivity index (χ0n) is 9.92. The largest absolute Gasteiger partial charge is 0.493 e. The number of hydrogen-bond acceptors (Lipinski definition) is 5. The number of carbonyl (C=O) groups is 1. The Labute approximate surface area is 117 Å². The zero-order chi connectivity index (χ0) is 13.8. The molecule has 6 nitrogen and oxygen atoms in total. The van der Waals surface area contributed by atoms with E-state index in [9.17, 15) is 4.79 Å². The number of aromatic nitrogens is 1. The molecule has 0 radical (unpaired) electrons.